The maximum absolute atomic E-state index is 2.64. The van der Waals surface area contributed by atoms with Gasteiger partial charge in [-0.25, -0.2) is 0 Å². The van der Waals surface area contributed by atoms with Gasteiger partial charge in [-0.1, -0.05) is 64.0 Å². The van der Waals surface area contributed by atoms with Crippen LogP contribution in [-0.4, -0.2) is 17.5 Å². The summed E-state index contributed by atoms with van der Waals surface area (Å²) in [5.41, 5.74) is 2.92. The Morgan fingerprint density at radius 2 is 1.63 bits per heavy atom. The quantitative estimate of drug-likeness (QED) is 0.484. The Morgan fingerprint density at radius 3 is 2.32 bits per heavy atom. The van der Waals surface area contributed by atoms with Crippen LogP contribution in [0.25, 0.3) is 0 Å². The minimum Gasteiger partial charge on any atom is -0.369 e. The number of nitrogens with zero attached hydrogens (tertiary/aromatic N) is 1. The predicted octanol–water partition coefficient (Wildman–Crippen LogP) is 5.68. The third-order valence-electron chi connectivity index (χ3n) is 4.10. The molecule has 0 bridgehead atoms. The summed E-state index contributed by atoms with van der Waals surface area (Å²) in [6.45, 7) is 10.3. The summed E-state index contributed by atoms with van der Waals surface area (Å²) in [6.07, 6.45) is 15.6. The SMILES string of the molecule is CCCCCCN1C(C)=CC(C)=CC1CCCCC. The van der Waals surface area contributed by atoms with Gasteiger partial charge in [0.25, 0.3) is 0 Å². The fourth-order valence-corrected chi connectivity index (χ4v) is 3.01. The minimum absolute atomic E-state index is 0.651. The van der Waals surface area contributed by atoms with E-state index >= 15 is 0 Å². The van der Waals surface area contributed by atoms with Crippen LogP contribution in [0.3, 0.4) is 0 Å². The molecule has 1 atom stereocenters. The Morgan fingerprint density at radius 1 is 0.947 bits per heavy atom. The summed E-state index contributed by atoms with van der Waals surface area (Å²) in [4.78, 5) is 2.64. The molecule has 1 unspecified atom stereocenters. The third-order valence-corrected chi connectivity index (χ3v) is 4.10. The lowest BCUT2D eigenvalue weighted by Gasteiger charge is -2.36. The van der Waals surface area contributed by atoms with Crippen molar-refractivity contribution in [2.24, 2.45) is 0 Å². The Hall–Kier alpha value is -0.720. The highest BCUT2D eigenvalue weighted by atomic mass is 15.2. The molecule has 0 saturated heterocycles. The van der Waals surface area contributed by atoms with Gasteiger partial charge < -0.3 is 4.90 Å². The monoisotopic (exact) mass is 263 g/mol. The molecule has 0 aromatic rings. The first-order valence-corrected chi connectivity index (χ1v) is 8.32. The van der Waals surface area contributed by atoms with E-state index in [1.54, 1.807) is 0 Å². The summed E-state index contributed by atoms with van der Waals surface area (Å²) in [6, 6.07) is 0.651. The van der Waals surface area contributed by atoms with Crippen molar-refractivity contribution in [3.63, 3.8) is 0 Å². The number of rotatable bonds is 9. The average molecular weight is 263 g/mol. The molecule has 110 valence electrons. The van der Waals surface area contributed by atoms with Crippen molar-refractivity contribution < 1.29 is 0 Å². The van der Waals surface area contributed by atoms with Gasteiger partial charge >= 0.3 is 0 Å². The second-order valence-corrected chi connectivity index (χ2v) is 6.01. The van der Waals surface area contributed by atoms with Gasteiger partial charge in [0.15, 0.2) is 0 Å². The lowest BCUT2D eigenvalue weighted by molar-refractivity contribution is 0.263. The van der Waals surface area contributed by atoms with Crippen LogP contribution in [0, 0.1) is 0 Å². The largest absolute Gasteiger partial charge is 0.369 e. The van der Waals surface area contributed by atoms with Crippen molar-refractivity contribution in [1.29, 1.82) is 0 Å². The number of hydrogen-bond acceptors (Lipinski definition) is 1. The van der Waals surface area contributed by atoms with E-state index in [2.05, 4.69) is 44.7 Å². The molecule has 0 N–H and O–H groups in total. The van der Waals surface area contributed by atoms with Crippen molar-refractivity contribution in [2.45, 2.75) is 85.1 Å². The zero-order valence-electron chi connectivity index (χ0n) is 13.5. The Kier molecular flexibility index (Phi) is 7.93. The molecule has 1 nitrogen and oxygen atoms in total. The summed E-state index contributed by atoms with van der Waals surface area (Å²) in [5.74, 6) is 0. The highest BCUT2D eigenvalue weighted by molar-refractivity contribution is 5.27. The van der Waals surface area contributed by atoms with E-state index < -0.39 is 0 Å². The maximum atomic E-state index is 2.64. The molecule has 1 aliphatic rings. The first-order chi connectivity index (χ1) is 9.19. The molecule has 0 aromatic heterocycles. The van der Waals surface area contributed by atoms with Crippen molar-refractivity contribution in [3.8, 4) is 0 Å². The Labute approximate surface area is 120 Å². The van der Waals surface area contributed by atoms with E-state index in [0.29, 0.717) is 6.04 Å². The van der Waals surface area contributed by atoms with Gasteiger partial charge in [-0.05, 0) is 32.8 Å². The molecule has 1 rings (SSSR count). The second kappa shape index (κ2) is 9.23. The first-order valence-electron chi connectivity index (χ1n) is 8.32. The van der Waals surface area contributed by atoms with Gasteiger partial charge in [0.1, 0.15) is 0 Å². The van der Waals surface area contributed by atoms with Gasteiger partial charge in [-0.3, -0.25) is 0 Å². The zero-order valence-corrected chi connectivity index (χ0v) is 13.5. The van der Waals surface area contributed by atoms with Crippen LogP contribution in [0.1, 0.15) is 79.1 Å². The van der Waals surface area contributed by atoms with E-state index in [1.807, 2.05) is 0 Å². The summed E-state index contributed by atoms with van der Waals surface area (Å²) in [7, 11) is 0. The molecule has 0 radical (unpaired) electrons. The summed E-state index contributed by atoms with van der Waals surface area (Å²) in [5, 5.41) is 0. The molecule has 0 spiro atoms. The van der Waals surface area contributed by atoms with Crippen molar-refractivity contribution in [3.05, 3.63) is 23.4 Å². The van der Waals surface area contributed by atoms with Gasteiger partial charge in [0, 0.05) is 18.3 Å². The molecule has 19 heavy (non-hydrogen) atoms. The third kappa shape index (κ3) is 5.84. The Balaban J connectivity index is 2.49. The molecular weight excluding hydrogens is 230 g/mol. The number of allylic oxidation sites excluding steroid dienone is 3. The molecule has 0 aromatic carbocycles. The van der Waals surface area contributed by atoms with Gasteiger partial charge in [-0.2, -0.15) is 0 Å². The molecule has 0 fully saturated rings. The molecule has 0 amide bonds. The van der Waals surface area contributed by atoms with Crippen LogP contribution >= 0.6 is 0 Å². The highest BCUT2D eigenvalue weighted by Gasteiger charge is 2.19. The first kappa shape index (κ1) is 16.3. The van der Waals surface area contributed by atoms with Crippen LogP contribution in [0.15, 0.2) is 23.4 Å². The van der Waals surface area contributed by atoms with Crippen LogP contribution in [0.4, 0.5) is 0 Å². The van der Waals surface area contributed by atoms with Crippen molar-refractivity contribution in [1.82, 2.24) is 4.90 Å². The van der Waals surface area contributed by atoms with E-state index in [1.165, 1.54) is 69.2 Å². The maximum Gasteiger partial charge on any atom is 0.0475 e. The van der Waals surface area contributed by atoms with Crippen LogP contribution in [0.2, 0.25) is 0 Å². The van der Waals surface area contributed by atoms with Crippen LogP contribution < -0.4 is 0 Å². The van der Waals surface area contributed by atoms with E-state index in [9.17, 15) is 0 Å². The molecule has 1 heteroatoms. The average Bonchev–Trinajstić information content (AvgIpc) is 2.37. The topological polar surface area (TPSA) is 3.24 Å². The van der Waals surface area contributed by atoms with Gasteiger partial charge in [0.2, 0.25) is 0 Å². The van der Waals surface area contributed by atoms with E-state index in [0.717, 1.165) is 0 Å². The van der Waals surface area contributed by atoms with E-state index in [4.69, 9.17) is 0 Å². The zero-order chi connectivity index (χ0) is 14.1. The lowest BCUT2D eigenvalue weighted by atomic mass is 9.99. The summed E-state index contributed by atoms with van der Waals surface area (Å²) < 4.78 is 0. The van der Waals surface area contributed by atoms with Crippen LogP contribution in [0.5, 0.6) is 0 Å². The lowest BCUT2D eigenvalue weighted by Crippen LogP contribution is -2.35. The standard InChI is InChI=1S/C18H33N/c1-5-7-9-11-13-19-17(4)14-16(3)15-18(19)12-10-8-6-2/h14-15,18H,5-13H2,1-4H3. The number of hydrogen-bond donors (Lipinski definition) is 0. The predicted molar refractivity (Wildman–Crippen MR) is 86.3 cm³/mol. The molecule has 1 heterocycles. The second-order valence-electron chi connectivity index (χ2n) is 6.01. The van der Waals surface area contributed by atoms with Crippen molar-refractivity contribution >= 4 is 0 Å². The van der Waals surface area contributed by atoms with E-state index in [-0.39, 0.29) is 0 Å². The highest BCUT2D eigenvalue weighted by Crippen LogP contribution is 2.24. The number of unbranched alkanes of at least 4 members (excludes halogenated alkanes) is 5. The minimum atomic E-state index is 0.651. The van der Waals surface area contributed by atoms with Crippen LogP contribution in [-0.2, 0) is 0 Å². The smallest absolute Gasteiger partial charge is 0.0475 e. The fraction of sp³-hybridized carbons (Fsp3) is 0.778. The summed E-state index contributed by atoms with van der Waals surface area (Å²) >= 11 is 0. The van der Waals surface area contributed by atoms with Gasteiger partial charge in [-0.15, -0.1) is 0 Å². The normalized spacial score (nSPS) is 19.4. The van der Waals surface area contributed by atoms with Gasteiger partial charge in [0.05, 0.1) is 0 Å². The molecular formula is C18H33N. The molecule has 1 aliphatic heterocycles. The molecule has 0 saturated carbocycles. The Bertz CT molecular complexity index is 301. The molecule has 0 aliphatic carbocycles. The van der Waals surface area contributed by atoms with Crippen molar-refractivity contribution in [2.75, 3.05) is 6.54 Å². The fourth-order valence-electron chi connectivity index (χ4n) is 3.01.